The Morgan fingerprint density at radius 3 is 2.54 bits per heavy atom. The Bertz CT molecular complexity index is 485. The van der Waals surface area contributed by atoms with Gasteiger partial charge in [0.2, 0.25) is 5.91 Å². The van der Waals surface area contributed by atoms with Gasteiger partial charge in [0.05, 0.1) is 18.7 Å². The van der Waals surface area contributed by atoms with E-state index in [1.165, 1.54) is 5.56 Å². The molecule has 2 unspecified atom stereocenters. The van der Waals surface area contributed by atoms with Crippen LogP contribution in [0, 0.1) is 5.92 Å². The number of carbonyl (C=O) groups is 1. The molecule has 1 aromatic rings. The molecule has 4 nitrogen and oxygen atoms in total. The van der Waals surface area contributed by atoms with E-state index >= 15 is 0 Å². The third kappa shape index (κ3) is 7.20. The number of amides is 1. The highest BCUT2D eigenvalue weighted by molar-refractivity contribution is 5.85. The maximum atomic E-state index is 12.0. The summed E-state index contributed by atoms with van der Waals surface area (Å²) in [4.78, 5) is 12.0. The summed E-state index contributed by atoms with van der Waals surface area (Å²) in [6.07, 6.45) is 3.58. The molecular formula is C19H31ClN2O2. The molecule has 0 saturated carbocycles. The SMILES string of the molecule is CC(C)Cc1ccc(C(C)NC(=O)CNCC2CCCO2)cc1.Cl. The summed E-state index contributed by atoms with van der Waals surface area (Å²) in [6.45, 7) is 8.42. The number of halogens is 1. The fourth-order valence-corrected chi connectivity index (χ4v) is 2.94. The van der Waals surface area contributed by atoms with Gasteiger partial charge in [0.1, 0.15) is 0 Å². The van der Waals surface area contributed by atoms with Crippen LogP contribution in [-0.4, -0.2) is 31.7 Å². The van der Waals surface area contributed by atoms with Gasteiger partial charge in [-0.3, -0.25) is 4.79 Å². The zero-order chi connectivity index (χ0) is 16.7. The molecule has 0 spiro atoms. The molecule has 0 aromatic heterocycles. The fourth-order valence-electron chi connectivity index (χ4n) is 2.94. The van der Waals surface area contributed by atoms with E-state index in [4.69, 9.17) is 4.74 Å². The normalized spacial score (nSPS) is 18.2. The van der Waals surface area contributed by atoms with E-state index < -0.39 is 0 Å². The highest BCUT2D eigenvalue weighted by atomic mass is 35.5. The first kappa shape index (κ1) is 20.9. The molecular weight excluding hydrogens is 324 g/mol. The summed E-state index contributed by atoms with van der Waals surface area (Å²) in [5, 5.41) is 6.22. The Balaban J connectivity index is 0.00000288. The largest absolute Gasteiger partial charge is 0.377 e. The lowest BCUT2D eigenvalue weighted by atomic mass is 10.00. The standard InChI is InChI=1S/C19H30N2O2.ClH/c1-14(2)11-16-6-8-17(9-7-16)15(3)21-19(22)13-20-12-18-5-4-10-23-18;/h6-9,14-15,18,20H,4-5,10-13H2,1-3H3,(H,21,22);1H. The Kier molecular flexibility index (Phi) is 9.34. The minimum absolute atomic E-state index is 0. The van der Waals surface area contributed by atoms with Crippen LogP contribution in [0.2, 0.25) is 0 Å². The van der Waals surface area contributed by atoms with Crippen molar-refractivity contribution in [3.8, 4) is 0 Å². The molecule has 1 saturated heterocycles. The van der Waals surface area contributed by atoms with Crippen LogP contribution in [0.5, 0.6) is 0 Å². The minimum atomic E-state index is 0. The van der Waals surface area contributed by atoms with Crippen LogP contribution in [0.25, 0.3) is 0 Å². The Labute approximate surface area is 152 Å². The maximum absolute atomic E-state index is 12.0. The van der Waals surface area contributed by atoms with Gasteiger partial charge < -0.3 is 15.4 Å². The average Bonchev–Trinajstić information content (AvgIpc) is 3.00. The first-order chi connectivity index (χ1) is 11.0. The first-order valence-corrected chi connectivity index (χ1v) is 8.75. The number of ether oxygens (including phenoxy) is 1. The van der Waals surface area contributed by atoms with Crippen molar-refractivity contribution in [2.75, 3.05) is 19.7 Å². The van der Waals surface area contributed by atoms with Crippen molar-refractivity contribution in [2.24, 2.45) is 5.92 Å². The second-order valence-corrected chi connectivity index (χ2v) is 6.89. The summed E-state index contributed by atoms with van der Waals surface area (Å²) in [5.74, 6) is 0.689. The molecule has 5 heteroatoms. The number of carbonyl (C=O) groups excluding carboxylic acids is 1. The molecule has 136 valence electrons. The number of rotatable bonds is 8. The lowest BCUT2D eigenvalue weighted by Crippen LogP contribution is -2.38. The van der Waals surface area contributed by atoms with Gasteiger partial charge in [0, 0.05) is 13.2 Å². The fraction of sp³-hybridized carbons (Fsp3) is 0.632. The average molecular weight is 355 g/mol. The van der Waals surface area contributed by atoms with Gasteiger partial charge in [0.15, 0.2) is 0 Å². The summed E-state index contributed by atoms with van der Waals surface area (Å²) in [7, 11) is 0. The zero-order valence-electron chi connectivity index (χ0n) is 15.0. The molecule has 1 heterocycles. The van der Waals surface area contributed by atoms with Crippen LogP contribution in [0.15, 0.2) is 24.3 Å². The Morgan fingerprint density at radius 1 is 1.25 bits per heavy atom. The topological polar surface area (TPSA) is 50.4 Å². The van der Waals surface area contributed by atoms with Crippen LogP contribution >= 0.6 is 12.4 Å². The van der Waals surface area contributed by atoms with Crippen molar-refractivity contribution >= 4 is 18.3 Å². The molecule has 1 aromatic carbocycles. The predicted octanol–water partition coefficient (Wildman–Crippen LogP) is 3.25. The van der Waals surface area contributed by atoms with Crippen molar-refractivity contribution < 1.29 is 9.53 Å². The van der Waals surface area contributed by atoms with E-state index in [0.717, 1.165) is 38.0 Å². The third-order valence-electron chi connectivity index (χ3n) is 4.18. The minimum Gasteiger partial charge on any atom is -0.377 e. The van der Waals surface area contributed by atoms with E-state index in [0.29, 0.717) is 12.5 Å². The van der Waals surface area contributed by atoms with Crippen molar-refractivity contribution in [1.29, 1.82) is 0 Å². The van der Waals surface area contributed by atoms with Crippen LogP contribution in [0.4, 0.5) is 0 Å². The van der Waals surface area contributed by atoms with Gasteiger partial charge in [0.25, 0.3) is 0 Å². The molecule has 0 aliphatic carbocycles. The highest BCUT2D eigenvalue weighted by Gasteiger charge is 2.15. The lowest BCUT2D eigenvalue weighted by molar-refractivity contribution is -0.120. The zero-order valence-corrected chi connectivity index (χ0v) is 15.8. The smallest absolute Gasteiger partial charge is 0.234 e. The Morgan fingerprint density at radius 2 is 1.96 bits per heavy atom. The van der Waals surface area contributed by atoms with E-state index in [1.54, 1.807) is 0 Å². The van der Waals surface area contributed by atoms with Crippen molar-refractivity contribution in [3.05, 3.63) is 35.4 Å². The maximum Gasteiger partial charge on any atom is 0.234 e. The van der Waals surface area contributed by atoms with Crippen LogP contribution in [-0.2, 0) is 16.0 Å². The molecule has 1 fully saturated rings. The first-order valence-electron chi connectivity index (χ1n) is 8.75. The third-order valence-corrected chi connectivity index (χ3v) is 4.18. The monoisotopic (exact) mass is 354 g/mol. The lowest BCUT2D eigenvalue weighted by Gasteiger charge is -2.16. The summed E-state index contributed by atoms with van der Waals surface area (Å²) >= 11 is 0. The molecule has 0 bridgehead atoms. The summed E-state index contributed by atoms with van der Waals surface area (Å²) in [5.41, 5.74) is 2.49. The quantitative estimate of drug-likeness (QED) is 0.753. The second kappa shape index (κ2) is 10.7. The van der Waals surface area contributed by atoms with Crippen LogP contribution in [0.1, 0.15) is 50.8 Å². The van der Waals surface area contributed by atoms with Crippen molar-refractivity contribution in [2.45, 2.75) is 52.2 Å². The van der Waals surface area contributed by atoms with E-state index in [2.05, 4.69) is 48.7 Å². The summed E-state index contributed by atoms with van der Waals surface area (Å²) in [6, 6.07) is 8.58. The number of hydrogen-bond acceptors (Lipinski definition) is 3. The number of benzene rings is 1. The van der Waals surface area contributed by atoms with E-state index in [9.17, 15) is 4.79 Å². The van der Waals surface area contributed by atoms with Gasteiger partial charge in [-0.1, -0.05) is 38.1 Å². The molecule has 0 radical (unpaired) electrons. The van der Waals surface area contributed by atoms with Gasteiger partial charge in [-0.05, 0) is 43.2 Å². The predicted molar refractivity (Wildman–Crippen MR) is 101 cm³/mol. The second-order valence-electron chi connectivity index (χ2n) is 6.89. The molecule has 1 aliphatic rings. The van der Waals surface area contributed by atoms with Crippen molar-refractivity contribution in [1.82, 2.24) is 10.6 Å². The van der Waals surface area contributed by atoms with Gasteiger partial charge in [-0.25, -0.2) is 0 Å². The van der Waals surface area contributed by atoms with Crippen LogP contribution in [0.3, 0.4) is 0 Å². The summed E-state index contributed by atoms with van der Waals surface area (Å²) < 4.78 is 5.53. The van der Waals surface area contributed by atoms with E-state index in [-0.39, 0.29) is 30.5 Å². The van der Waals surface area contributed by atoms with Gasteiger partial charge >= 0.3 is 0 Å². The molecule has 2 N–H and O–H groups in total. The molecule has 2 atom stereocenters. The molecule has 1 amide bonds. The van der Waals surface area contributed by atoms with Crippen molar-refractivity contribution in [3.63, 3.8) is 0 Å². The molecule has 2 rings (SSSR count). The van der Waals surface area contributed by atoms with Crippen LogP contribution < -0.4 is 10.6 Å². The molecule has 24 heavy (non-hydrogen) atoms. The number of nitrogens with one attached hydrogen (secondary N) is 2. The van der Waals surface area contributed by atoms with Gasteiger partial charge in [-0.2, -0.15) is 0 Å². The van der Waals surface area contributed by atoms with E-state index in [1.807, 2.05) is 6.92 Å². The molecule has 1 aliphatic heterocycles. The number of hydrogen-bond donors (Lipinski definition) is 2. The van der Waals surface area contributed by atoms with Gasteiger partial charge in [-0.15, -0.1) is 12.4 Å². The Hall–Kier alpha value is -1.10. The highest BCUT2D eigenvalue weighted by Crippen LogP contribution is 2.15.